The normalized spacial score (nSPS) is 16.7. The van der Waals surface area contributed by atoms with Crippen molar-refractivity contribution in [3.05, 3.63) is 82.9 Å². The van der Waals surface area contributed by atoms with Gasteiger partial charge in [0.05, 0.1) is 19.1 Å². The summed E-state index contributed by atoms with van der Waals surface area (Å²) in [6.07, 6.45) is 14.1. The van der Waals surface area contributed by atoms with E-state index in [2.05, 4.69) is 141 Å². The molecule has 0 heterocycles. The molecule has 43 heavy (non-hydrogen) atoms. The molecule has 1 fully saturated rings. The van der Waals surface area contributed by atoms with E-state index in [0.717, 1.165) is 47.9 Å². The molecule has 1 atom stereocenters. The zero-order chi connectivity index (χ0) is 31.9. The van der Waals surface area contributed by atoms with Crippen LogP contribution in [-0.4, -0.2) is 35.6 Å². The molecule has 0 amide bonds. The lowest BCUT2D eigenvalue weighted by Gasteiger charge is -2.35. The standard InChI is InChI=1S/C38H58O3Si2/c1-37(2,3)42(7,8)40-28-18-24-30-20-14-16-26-33(30)35(36(39)32-22-12-11-13-23-32)34-27-17-15-21-31(34)25-19-29-41-43(9,10)38(4,5)6/h14-21,24-27,32,35H,11-13,22-23,28-29H2,1-10H3/b24-18-,25-19+. The van der Waals surface area contributed by atoms with Crippen LogP contribution in [0.3, 0.4) is 0 Å². The Kier molecular flexibility index (Phi) is 12.2. The van der Waals surface area contributed by atoms with Gasteiger partial charge in [0.2, 0.25) is 0 Å². The van der Waals surface area contributed by atoms with Gasteiger partial charge in [-0.05, 0) is 71.4 Å². The van der Waals surface area contributed by atoms with Crippen LogP contribution in [-0.2, 0) is 13.6 Å². The van der Waals surface area contributed by atoms with Crippen molar-refractivity contribution < 1.29 is 13.6 Å². The topological polar surface area (TPSA) is 35.5 Å². The first-order chi connectivity index (χ1) is 20.1. The number of hydrogen-bond donors (Lipinski definition) is 0. The van der Waals surface area contributed by atoms with E-state index in [4.69, 9.17) is 8.85 Å². The van der Waals surface area contributed by atoms with Crippen LogP contribution in [0.2, 0.25) is 36.3 Å². The third kappa shape index (κ3) is 9.47. The molecule has 3 rings (SSSR count). The maximum absolute atomic E-state index is 14.5. The Hall–Kier alpha value is -2.06. The van der Waals surface area contributed by atoms with Crippen LogP contribution < -0.4 is 0 Å². The second kappa shape index (κ2) is 14.8. The Morgan fingerprint density at radius 3 is 1.51 bits per heavy atom. The number of rotatable bonds is 12. The first-order valence-corrected chi connectivity index (χ1v) is 22.2. The number of ketones is 1. The Bertz CT molecular complexity index is 1170. The van der Waals surface area contributed by atoms with Gasteiger partial charge in [0, 0.05) is 5.92 Å². The molecule has 236 valence electrons. The fraction of sp³-hybridized carbons (Fsp3) is 0.553. The molecule has 0 bridgehead atoms. The van der Waals surface area contributed by atoms with E-state index in [1.165, 1.54) is 6.42 Å². The van der Waals surface area contributed by atoms with Crippen LogP contribution in [0.5, 0.6) is 0 Å². The van der Waals surface area contributed by atoms with Crippen molar-refractivity contribution in [3.63, 3.8) is 0 Å². The number of Topliss-reactive ketones (excluding diaryl/α,β-unsaturated/α-hetero) is 1. The van der Waals surface area contributed by atoms with Crippen molar-refractivity contribution in [2.75, 3.05) is 13.2 Å². The first-order valence-electron chi connectivity index (χ1n) is 16.4. The number of hydrogen-bond acceptors (Lipinski definition) is 3. The third-order valence-corrected chi connectivity index (χ3v) is 19.2. The molecule has 0 saturated heterocycles. The smallest absolute Gasteiger partial charge is 0.192 e. The van der Waals surface area contributed by atoms with Crippen LogP contribution in [0.4, 0.5) is 0 Å². The van der Waals surface area contributed by atoms with Crippen molar-refractivity contribution in [3.8, 4) is 0 Å². The van der Waals surface area contributed by atoms with E-state index in [-0.39, 0.29) is 21.9 Å². The van der Waals surface area contributed by atoms with Crippen LogP contribution in [0.25, 0.3) is 12.2 Å². The van der Waals surface area contributed by atoms with Gasteiger partial charge in [-0.25, -0.2) is 0 Å². The summed E-state index contributed by atoms with van der Waals surface area (Å²) in [5.41, 5.74) is 4.35. The molecule has 0 radical (unpaired) electrons. The summed E-state index contributed by atoms with van der Waals surface area (Å²) in [5.74, 6) is 0.153. The highest BCUT2D eigenvalue weighted by Crippen LogP contribution is 2.39. The third-order valence-electron chi connectivity index (χ3n) is 10.2. The number of carbonyl (C=O) groups excluding carboxylic acids is 1. The molecule has 1 unspecified atom stereocenters. The fourth-order valence-electron chi connectivity index (χ4n) is 5.24. The van der Waals surface area contributed by atoms with Gasteiger partial charge < -0.3 is 8.85 Å². The van der Waals surface area contributed by atoms with E-state index in [1.807, 2.05) is 0 Å². The molecule has 2 aromatic rings. The molecule has 0 spiro atoms. The van der Waals surface area contributed by atoms with Crippen molar-refractivity contribution in [2.45, 2.75) is 116 Å². The molecule has 0 N–H and O–H groups in total. The number of benzene rings is 2. The monoisotopic (exact) mass is 618 g/mol. The summed E-state index contributed by atoms with van der Waals surface area (Å²) in [4.78, 5) is 14.5. The van der Waals surface area contributed by atoms with Gasteiger partial charge in [0.25, 0.3) is 0 Å². The lowest BCUT2D eigenvalue weighted by atomic mass is 9.75. The average molecular weight is 619 g/mol. The van der Waals surface area contributed by atoms with Gasteiger partial charge in [-0.2, -0.15) is 0 Å². The van der Waals surface area contributed by atoms with Gasteiger partial charge in [-0.1, -0.05) is 134 Å². The molecule has 5 heteroatoms. The Morgan fingerprint density at radius 1 is 0.721 bits per heavy atom. The average Bonchev–Trinajstić information content (AvgIpc) is 2.94. The molecular weight excluding hydrogens is 561 g/mol. The minimum atomic E-state index is -1.84. The van der Waals surface area contributed by atoms with Crippen molar-refractivity contribution in [2.24, 2.45) is 5.92 Å². The molecular formula is C38H58O3Si2. The minimum absolute atomic E-state index is 0.108. The predicted molar refractivity (Wildman–Crippen MR) is 191 cm³/mol. The largest absolute Gasteiger partial charge is 0.413 e. The second-order valence-corrected chi connectivity index (χ2v) is 25.0. The van der Waals surface area contributed by atoms with Crippen LogP contribution in [0.1, 0.15) is 102 Å². The van der Waals surface area contributed by atoms with E-state index in [0.29, 0.717) is 19.0 Å². The van der Waals surface area contributed by atoms with Gasteiger partial charge >= 0.3 is 0 Å². The molecule has 1 aliphatic carbocycles. The Morgan fingerprint density at radius 2 is 1.12 bits per heavy atom. The Balaban J connectivity index is 1.97. The van der Waals surface area contributed by atoms with Crippen LogP contribution >= 0.6 is 0 Å². The summed E-state index contributed by atoms with van der Waals surface area (Å²) in [7, 11) is -3.68. The zero-order valence-corrected chi connectivity index (χ0v) is 30.8. The highest BCUT2D eigenvalue weighted by Gasteiger charge is 2.38. The van der Waals surface area contributed by atoms with Gasteiger partial charge in [-0.15, -0.1) is 0 Å². The summed E-state index contributed by atoms with van der Waals surface area (Å²) in [5, 5.41) is 0.340. The highest BCUT2D eigenvalue weighted by molar-refractivity contribution is 6.74. The second-order valence-electron chi connectivity index (χ2n) is 15.4. The molecule has 0 aromatic heterocycles. The van der Waals surface area contributed by atoms with Crippen LogP contribution in [0.15, 0.2) is 60.7 Å². The Labute approximate surface area is 265 Å². The number of carbonyl (C=O) groups is 1. The molecule has 1 aliphatic rings. The molecule has 1 saturated carbocycles. The maximum Gasteiger partial charge on any atom is 0.192 e. The van der Waals surface area contributed by atoms with E-state index >= 15 is 0 Å². The highest BCUT2D eigenvalue weighted by atomic mass is 28.4. The SMILES string of the molecule is CC(C)(C)[Si](C)(C)OC/C=C\c1ccccc1C(C(=O)C1CCCCC1)c1ccccc1/C=C/CO[Si](C)(C)C(C)(C)C. The predicted octanol–water partition coefficient (Wildman–Crippen LogP) is 11.0. The summed E-state index contributed by atoms with van der Waals surface area (Å²) >= 11 is 0. The van der Waals surface area contributed by atoms with Crippen molar-refractivity contribution >= 4 is 34.6 Å². The first kappa shape index (κ1) is 35.4. The summed E-state index contributed by atoms with van der Waals surface area (Å²) < 4.78 is 12.9. The maximum atomic E-state index is 14.5. The summed E-state index contributed by atoms with van der Waals surface area (Å²) in [6.45, 7) is 23.9. The molecule has 3 nitrogen and oxygen atoms in total. The lowest BCUT2D eigenvalue weighted by Crippen LogP contribution is -2.40. The van der Waals surface area contributed by atoms with Gasteiger partial charge in [0.15, 0.2) is 16.6 Å². The van der Waals surface area contributed by atoms with Crippen molar-refractivity contribution in [1.82, 2.24) is 0 Å². The minimum Gasteiger partial charge on any atom is -0.413 e. The van der Waals surface area contributed by atoms with Crippen molar-refractivity contribution in [1.29, 1.82) is 0 Å². The summed E-state index contributed by atoms with van der Waals surface area (Å²) in [6, 6.07) is 16.9. The van der Waals surface area contributed by atoms with E-state index in [1.54, 1.807) is 0 Å². The lowest BCUT2D eigenvalue weighted by molar-refractivity contribution is -0.124. The zero-order valence-electron chi connectivity index (χ0n) is 28.8. The molecule has 2 aromatic carbocycles. The quantitative estimate of drug-likeness (QED) is 0.222. The van der Waals surface area contributed by atoms with Gasteiger partial charge in [-0.3, -0.25) is 4.79 Å². The molecule has 0 aliphatic heterocycles. The van der Waals surface area contributed by atoms with E-state index in [9.17, 15) is 4.79 Å². The van der Waals surface area contributed by atoms with Gasteiger partial charge in [0.1, 0.15) is 5.78 Å². The van der Waals surface area contributed by atoms with Crippen LogP contribution in [0, 0.1) is 5.92 Å². The van der Waals surface area contributed by atoms with E-state index < -0.39 is 16.6 Å². The fourth-order valence-corrected chi connectivity index (χ4v) is 7.14.